The summed E-state index contributed by atoms with van der Waals surface area (Å²) in [5.74, 6) is -0.0212. The zero-order valence-corrected chi connectivity index (χ0v) is 10.4. The predicted octanol–water partition coefficient (Wildman–Crippen LogP) is 3.51. The first-order chi connectivity index (χ1) is 8.16. The first-order valence-corrected chi connectivity index (χ1v) is 6.43. The van der Waals surface area contributed by atoms with E-state index in [2.05, 4.69) is 6.92 Å². The molecule has 2 nitrogen and oxygen atoms in total. The van der Waals surface area contributed by atoms with E-state index in [9.17, 15) is 9.90 Å². The second-order valence-corrected chi connectivity index (χ2v) is 5.26. The van der Waals surface area contributed by atoms with E-state index in [-0.39, 0.29) is 0 Å². The van der Waals surface area contributed by atoms with Crippen molar-refractivity contribution in [3.8, 4) is 0 Å². The average Bonchev–Trinajstić information content (AvgIpc) is 2.75. The molecule has 0 heterocycles. The molecule has 0 saturated heterocycles. The van der Waals surface area contributed by atoms with Crippen LogP contribution < -0.4 is 0 Å². The van der Waals surface area contributed by atoms with Gasteiger partial charge < -0.3 is 5.11 Å². The van der Waals surface area contributed by atoms with Crippen LogP contribution in [0.5, 0.6) is 0 Å². The second kappa shape index (κ2) is 4.91. The summed E-state index contributed by atoms with van der Waals surface area (Å²) in [5, 5.41) is 9.54. The van der Waals surface area contributed by atoms with Gasteiger partial charge in [0.25, 0.3) is 0 Å². The molecule has 1 N–H and O–H groups in total. The molecule has 0 aliphatic heterocycles. The van der Waals surface area contributed by atoms with Crippen LogP contribution in [0.1, 0.15) is 38.2 Å². The van der Waals surface area contributed by atoms with Gasteiger partial charge in [0.05, 0.1) is 5.41 Å². The van der Waals surface area contributed by atoms with E-state index >= 15 is 0 Å². The molecule has 1 aromatic carbocycles. The highest BCUT2D eigenvalue weighted by Gasteiger charge is 2.44. The number of hydrogen-bond donors (Lipinski definition) is 1. The smallest absolute Gasteiger partial charge is 0.309 e. The maximum Gasteiger partial charge on any atom is 0.309 e. The molecule has 0 spiro atoms. The minimum absolute atomic E-state index is 0.512. The molecule has 1 aromatic rings. The second-order valence-electron chi connectivity index (χ2n) is 5.26. The maximum atomic E-state index is 11.6. The molecule has 92 valence electrons. The maximum absolute atomic E-state index is 11.6. The lowest BCUT2D eigenvalue weighted by Gasteiger charge is -2.24. The number of hydrogen-bond acceptors (Lipinski definition) is 1. The summed E-state index contributed by atoms with van der Waals surface area (Å²) in [6.07, 6.45) is 4.52. The Balaban J connectivity index is 2.17. The normalized spacial score (nSPS) is 28.2. The van der Waals surface area contributed by atoms with E-state index in [1.165, 1.54) is 0 Å². The zero-order valence-electron chi connectivity index (χ0n) is 10.4. The summed E-state index contributed by atoms with van der Waals surface area (Å²) in [4.78, 5) is 11.6. The fourth-order valence-electron chi connectivity index (χ4n) is 3.00. The fraction of sp³-hybridized carbons (Fsp3) is 0.533. The van der Waals surface area contributed by atoms with Crippen LogP contribution in [0, 0.1) is 11.3 Å². The van der Waals surface area contributed by atoms with Crippen molar-refractivity contribution in [3.63, 3.8) is 0 Å². The number of benzene rings is 1. The van der Waals surface area contributed by atoms with Gasteiger partial charge in [-0.1, -0.05) is 43.7 Å². The largest absolute Gasteiger partial charge is 0.481 e. The van der Waals surface area contributed by atoms with Crippen molar-refractivity contribution in [3.05, 3.63) is 35.9 Å². The van der Waals surface area contributed by atoms with Gasteiger partial charge in [-0.05, 0) is 37.2 Å². The molecule has 2 unspecified atom stereocenters. The molecule has 0 amide bonds. The van der Waals surface area contributed by atoms with Crippen LogP contribution in [0.3, 0.4) is 0 Å². The zero-order chi connectivity index (χ0) is 12.3. The third-order valence-electron chi connectivity index (χ3n) is 4.13. The van der Waals surface area contributed by atoms with Crippen LogP contribution in [-0.4, -0.2) is 11.1 Å². The van der Waals surface area contributed by atoms with E-state index in [0.29, 0.717) is 12.3 Å². The first-order valence-electron chi connectivity index (χ1n) is 6.43. The highest BCUT2D eigenvalue weighted by molar-refractivity contribution is 5.75. The number of carboxylic acids is 1. The quantitative estimate of drug-likeness (QED) is 0.862. The molecule has 0 aromatic heterocycles. The van der Waals surface area contributed by atoms with Crippen molar-refractivity contribution in [2.45, 2.75) is 39.0 Å². The highest BCUT2D eigenvalue weighted by Crippen LogP contribution is 2.45. The topological polar surface area (TPSA) is 37.3 Å². The molecule has 1 aliphatic carbocycles. The molecule has 1 fully saturated rings. The third kappa shape index (κ3) is 2.51. The minimum atomic E-state index is -0.614. The summed E-state index contributed by atoms with van der Waals surface area (Å²) in [5.41, 5.74) is 0.633. The third-order valence-corrected chi connectivity index (χ3v) is 4.13. The lowest BCUT2D eigenvalue weighted by atomic mass is 9.79. The molecular formula is C15H20O2. The molecule has 17 heavy (non-hydrogen) atoms. The van der Waals surface area contributed by atoms with Gasteiger partial charge in [0.2, 0.25) is 0 Å². The van der Waals surface area contributed by atoms with Crippen molar-refractivity contribution in [1.82, 2.24) is 0 Å². The van der Waals surface area contributed by atoms with Crippen molar-refractivity contribution >= 4 is 5.97 Å². The van der Waals surface area contributed by atoms with Gasteiger partial charge in [-0.25, -0.2) is 0 Å². The van der Waals surface area contributed by atoms with E-state index in [1.807, 2.05) is 30.3 Å². The van der Waals surface area contributed by atoms with Gasteiger partial charge in [-0.3, -0.25) is 4.79 Å². The van der Waals surface area contributed by atoms with Crippen LogP contribution in [-0.2, 0) is 11.2 Å². The highest BCUT2D eigenvalue weighted by atomic mass is 16.4. The Bertz CT molecular complexity index is 385. The Kier molecular flexibility index (Phi) is 3.51. The molecule has 2 heteroatoms. The van der Waals surface area contributed by atoms with Gasteiger partial charge >= 0.3 is 5.97 Å². The summed E-state index contributed by atoms with van der Waals surface area (Å²) in [7, 11) is 0. The first kappa shape index (κ1) is 12.2. The van der Waals surface area contributed by atoms with Gasteiger partial charge in [0.15, 0.2) is 0 Å². The minimum Gasteiger partial charge on any atom is -0.481 e. The molecule has 2 rings (SSSR count). The van der Waals surface area contributed by atoms with Crippen LogP contribution in [0.15, 0.2) is 30.3 Å². The molecular weight excluding hydrogens is 212 g/mol. The molecule has 0 radical (unpaired) electrons. The average molecular weight is 232 g/mol. The van der Waals surface area contributed by atoms with E-state index in [4.69, 9.17) is 0 Å². The Morgan fingerprint density at radius 1 is 1.41 bits per heavy atom. The van der Waals surface area contributed by atoms with Crippen LogP contribution in [0.2, 0.25) is 0 Å². The lowest BCUT2D eigenvalue weighted by Crippen LogP contribution is -2.30. The Labute approximate surface area is 103 Å². The number of aliphatic carboxylic acids is 1. The predicted molar refractivity (Wildman–Crippen MR) is 67.8 cm³/mol. The summed E-state index contributed by atoms with van der Waals surface area (Å²) >= 11 is 0. The van der Waals surface area contributed by atoms with E-state index in [1.54, 1.807) is 0 Å². The monoisotopic (exact) mass is 232 g/mol. The van der Waals surface area contributed by atoms with Crippen molar-refractivity contribution in [2.24, 2.45) is 11.3 Å². The fourth-order valence-corrected chi connectivity index (χ4v) is 3.00. The number of rotatable bonds is 4. The van der Waals surface area contributed by atoms with E-state index in [0.717, 1.165) is 31.2 Å². The van der Waals surface area contributed by atoms with Crippen LogP contribution in [0.25, 0.3) is 0 Å². The van der Waals surface area contributed by atoms with Gasteiger partial charge in [0, 0.05) is 0 Å². The molecule has 0 bridgehead atoms. The Hall–Kier alpha value is -1.31. The van der Waals surface area contributed by atoms with E-state index < -0.39 is 11.4 Å². The molecule has 1 aliphatic rings. The lowest BCUT2D eigenvalue weighted by molar-refractivity contribution is -0.148. The summed E-state index contributed by atoms with van der Waals surface area (Å²) in [6.45, 7) is 2.16. The summed E-state index contributed by atoms with van der Waals surface area (Å²) in [6, 6.07) is 10.0. The number of carbonyl (C=O) groups is 1. The molecule has 2 atom stereocenters. The van der Waals surface area contributed by atoms with Crippen molar-refractivity contribution in [1.29, 1.82) is 0 Å². The summed E-state index contributed by atoms with van der Waals surface area (Å²) < 4.78 is 0. The van der Waals surface area contributed by atoms with Crippen LogP contribution in [0.4, 0.5) is 0 Å². The SMILES string of the molecule is CCC1CCC(Cc2ccccc2)(C(=O)O)C1. The van der Waals surface area contributed by atoms with Crippen molar-refractivity contribution in [2.75, 3.05) is 0 Å². The standard InChI is InChI=1S/C15H20O2/c1-2-12-8-9-15(10-12,14(16)17)11-13-6-4-3-5-7-13/h3-7,12H,2,8-11H2,1H3,(H,16,17). The van der Waals surface area contributed by atoms with Crippen LogP contribution >= 0.6 is 0 Å². The molecule has 1 saturated carbocycles. The van der Waals surface area contributed by atoms with Gasteiger partial charge in [0.1, 0.15) is 0 Å². The Morgan fingerprint density at radius 3 is 2.65 bits per heavy atom. The number of carboxylic acid groups (broad SMARTS) is 1. The van der Waals surface area contributed by atoms with Gasteiger partial charge in [-0.2, -0.15) is 0 Å². The van der Waals surface area contributed by atoms with Crippen molar-refractivity contribution < 1.29 is 9.90 Å². The van der Waals surface area contributed by atoms with Gasteiger partial charge in [-0.15, -0.1) is 0 Å². The Morgan fingerprint density at radius 2 is 2.12 bits per heavy atom.